The third kappa shape index (κ3) is 2.45. The van der Waals surface area contributed by atoms with Crippen LogP contribution in [-0.2, 0) is 7.05 Å². The number of rotatable bonds is 3. The van der Waals surface area contributed by atoms with Crippen LogP contribution in [0.2, 0.25) is 0 Å². The van der Waals surface area contributed by atoms with Crippen LogP contribution in [0, 0.1) is 6.92 Å². The molecule has 2 aromatic heterocycles. The van der Waals surface area contributed by atoms with Crippen molar-refractivity contribution in [3.8, 4) is 0 Å². The zero-order chi connectivity index (χ0) is 13.1. The van der Waals surface area contributed by atoms with Crippen LogP contribution in [-0.4, -0.2) is 32.9 Å². The second-order valence-corrected chi connectivity index (χ2v) is 3.81. The molecule has 0 unspecified atom stereocenters. The molecule has 0 aliphatic rings. The lowest BCUT2D eigenvalue weighted by Gasteiger charge is -2.03. The van der Waals surface area contributed by atoms with Gasteiger partial charge in [-0.3, -0.25) is 9.48 Å². The van der Waals surface area contributed by atoms with Gasteiger partial charge >= 0.3 is 0 Å². The number of aromatic nitrogens is 4. The number of nitrogens with one attached hydrogen (secondary N) is 2. The quantitative estimate of drug-likeness (QED) is 0.837. The molecule has 0 atom stereocenters. The highest BCUT2D eigenvalue weighted by Crippen LogP contribution is 2.12. The molecule has 0 aliphatic heterocycles. The maximum Gasteiger partial charge on any atom is 0.276 e. The summed E-state index contributed by atoms with van der Waals surface area (Å²) in [6.07, 6.45) is 1.74. The van der Waals surface area contributed by atoms with Crippen LogP contribution in [0.25, 0.3) is 0 Å². The van der Waals surface area contributed by atoms with Crippen molar-refractivity contribution < 1.29 is 4.79 Å². The largest absolute Gasteiger partial charge is 0.372 e. The number of amides is 1. The fourth-order valence-electron chi connectivity index (χ4n) is 1.50. The van der Waals surface area contributed by atoms with E-state index in [0.717, 1.165) is 5.69 Å². The van der Waals surface area contributed by atoms with Crippen molar-refractivity contribution in [3.05, 3.63) is 29.7 Å². The summed E-state index contributed by atoms with van der Waals surface area (Å²) in [6, 6.07) is 3.30. The number of anilines is 2. The van der Waals surface area contributed by atoms with E-state index in [0.29, 0.717) is 11.5 Å². The van der Waals surface area contributed by atoms with Crippen LogP contribution in [0.3, 0.4) is 0 Å². The van der Waals surface area contributed by atoms with Gasteiger partial charge in [0.2, 0.25) is 0 Å². The first kappa shape index (κ1) is 12.0. The van der Waals surface area contributed by atoms with Gasteiger partial charge in [0, 0.05) is 20.3 Å². The van der Waals surface area contributed by atoms with E-state index in [9.17, 15) is 4.79 Å². The summed E-state index contributed by atoms with van der Waals surface area (Å²) >= 11 is 0. The van der Waals surface area contributed by atoms with Crippen LogP contribution >= 0.6 is 0 Å². The number of nitrogens with zero attached hydrogens (tertiary/aromatic N) is 4. The number of hydrogen-bond acceptors (Lipinski definition) is 5. The summed E-state index contributed by atoms with van der Waals surface area (Å²) in [4.78, 5) is 11.9. The maximum atomic E-state index is 11.9. The Labute approximate surface area is 104 Å². The number of aryl methyl sites for hydroxylation is 2. The lowest BCUT2D eigenvalue weighted by Crippen LogP contribution is -2.14. The first-order chi connectivity index (χ1) is 8.60. The van der Waals surface area contributed by atoms with E-state index in [-0.39, 0.29) is 11.6 Å². The molecule has 7 heteroatoms. The zero-order valence-electron chi connectivity index (χ0n) is 10.4. The van der Waals surface area contributed by atoms with Gasteiger partial charge in [0.05, 0.1) is 11.4 Å². The van der Waals surface area contributed by atoms with E-state index in [4.69, 9.17) is 0 Å². The van der Waals surface area contributed by atoms with Crippen LogP contribution in [0.5, 0.6) is 0 Å². The average molecular weight is 246 g/mol. The molecule has 2 N–H and O–H groups in total. The summed E-state index contributed by atoms with van der Waals surface area (Å²) in [7, 11) is 3.53. The summed E-state index contributed by atoms with van der Waals surface area (Å²) in [5.74, 6) is 0.311. The smallest absolute Gasteiger partial charge is 0.276 e. The van der Waals surface area contributed by atoms with Gasteiger partial charge in [0.1, 0.15) is 5.82 Å². The van der Waals surface area contributed by atoms with Crippen LogP contribution in [0.15, 0.2) is 18.3 Å². The molecular formula is C11H14N6O. The van der Waals surface area contributed by atoms with Gasteiger partial charge in [-0.2, -0.15) is 5.10 Å². The van der Waals surface area contributed by atoms with Gasteiger partial charge in [0.15, 0.2) is 5.69 Å². The van der Waals surface area contributed by atoms with Crippen molar-refractivity contribution in [2.75, 3.05) is 17.7 Å². The predicted molar refractivity (Wildman–Crippen MR) is 67.5 cm³/mol. The molecule has 0 aromatic carbocycles. The van der Waals surface area contributed by atoms with Gasteiger partial charge in [-0.05, 0) is 19.1 Å². The molecule has 0 spiro atoms. The minimum Gasteiger partial charge on any atom is -0.372 e. The molecule has 2 aromatic rings. The summed E-state index contributed by atoms with van der Waals surface area (Å²) in [5.41, 5.74) is 1.69. The van der Waals surface area contributed by atoms with E-state index in [1.807, 2.05) is 6.92 Å². The normalized spacial score (nSPS) is 10.2. The molecule has 0 fully saturated rings. The molecule has 0 bridgehead atoms. The molecule has 0 radical (unpaired) electrons. The average Bonchev–Trinajstić information content (AvgIpc) is 2.68. The topological polar surface area (TPSA) is 84.7 Å². The van der Waals surface area contributed by atoms with E-state index in [1.165, 1.54) is 0 Å². The second-order valence-electron chi connectivity index (χ2n) is 3.81. The lowest BCUT2D eigenvalue weighted by molar-refractivity contribution is 0.102. The maximum absolute atomic E-state index is 11.9. The standard InChI is InChI=1S/C11H14N6O/c1-7-9(6-17(3)16-7)13-11(18)8-4-5-10(12-2)15-14-8/h4-6H,1-3H3,(H,12,15)(H,13,18). The minimum absolute atomic E-state index is 0.261. The lowest BCUT2D eigenvalue weighted by atomic mass is 10.3. The Morgan fingerprint density at radius 1 is 1.33 bits per heavy atom. The van der Waals surface area contributed by atoms with Crippen LogP contribution < -0.4 is 10.6 Å². The van der Waals surface area contributed by atoms with E-state index < -0.39 is 0 Å². The van der Waals surface area contributed by atoms with Crippen LogP contribution in [0.4, 0.5) is 11.5 Å². The van der Waals surface area contributed by atoms with Crippen molar-refractivity contribution in [1.82, 2.24) is 20.0 Å². The van der Waals surface area contributed by atoms with Gasteiger partial charge in [-0.25, -0.2) is 0 Å². The molecule has 1 amide bonds. The third-order valence-corrected chi connectivity index (χ3v) is 2.41. The second kappa shape index (κ2) is 4.82. The van der Waals surface area contributed by atoms with Gasteiger partial charge in [-0.1, -0.05) is 0 Å². The Bertz CT molecular complexity index is 559. The highest BCUT2D eigenvalue weighted by atomic mass is 16.1. The molecular weight excluding hydrogens is 232 g/mol. The van der Waals surface area contributed by atoms with Gasteiger partial charge in [0.25, 0.3) is 5.91 Å². The zero-order valence-corrected chi connectivity index (χ0v) is 10.4. The van der Waals surface area contributed by atoms with E-state index in [2.05, 4.69) is 25.9 Å². The number of carbonyl (C=O) groups is 1. The summed E-state index contributed by atoms with van der Waals surface area (Å²) < 4.78 is 1.64. The molecule has 7 nitrogen and oxygen atoms in total. The molecule has 0 aliphatic carbocycles. The summed E-state index contributed by atoms with van der Waals surface area (Å²) in [6.45, 7) is 1.82. The van der Waals surface area contributed by atoms with Crippen LogP contribution in [0.1, 0.15) is 16.2 Å². The fraction of sp³-hybridized carbons (Fsp3) is 0.273. The molecule has 94 valence electrons. The van der Waals surface area contributed by atoms with E-state index >= 15 is 0 Å². The molecule has 2 rings (SSSR count). The Kier molecular flexibility index (Phi) is 3.22. The Morgan fingerprint density at radius 3 is 2.61 bits per heavy atom. The Balaban J connectivity index is 2.14. The van der Waals surface area contributed by atoms with Crippen molar-refractivity contribution >= 4 is 17.4 Å². The van der Waals surface area contributed by atoms with Gasteiger partial charge in [-0.15, -0.1) is 10.2 Å². The van der Waals surface area contributed by atoms with E-state index in [1.54, 1.807) is 37.1 Å². The molecule has 0 saturated carbocycles. The predicted octanol–water partition coefficient (Wildman–Crippen LogP) is 0.813. The molecule has 0 saturated heterocycles. The monoisotopic (exact) mass is 246 g/mol. The van der Waals surface area contributed by atoms with Crippen molar-refractivity contribution in [1.29, 1.82) is 0 Å². The Hall–Kier alpha value is -2.44. The highest BCUT2D eigenvalue weighted by molar-refractivity contribution is 6.03. The molecule has 18 heavy (non-hydrogen) atoms. The van der Waals surface area contributed by atoms with Crippen molar-refractivity contribution in [2.45, 2.75) is 6.92 Å². The first-order valence-electron chi connectivity index (χ1n) is 5.43. The minimum atomic E-state index is -0.304. The first-order valence-corrected chi connectivity index (χ1v) is 5.43. The van der Waals surface area contributed by atoms with Crippen molar-refractivity contribution in [2.24, 2.45) is 7.05 Å². The SMILES string of the molecule is CNc1ccc(C(=O)Nc2cn(C)nc2C)nn1. The Morgan fingerprint density at radius 2 is 2.11 bits per heavy atom. The fourth-order valence-corrected chi connectivity index (χ4v) is 1.50. The number of carbonyl (C=O) groups excluding carboxylic acids is 1. The highest BCUT2D eigenvalue weighted by Gasteiger charge is 2.11. The third-order valence-electron chi connectivity index (χ3n) is 2.41. The molecule has 2 heterocycles. The number of hydrogen-bond donors (Lipinski definition) is 2. The summed E-state index contributed by atoms with van der Waals surface area (Å²) in [5, 5.41) is 17.4. The van der Waals surface area contributed by atoms with Crippen molar-refractivity contribution in [3.63, 3.8) is 0 Å². The van der Waals surface area contributed by atoms with Gasteiger partial charge < -0.3 is 10.6 Å².